The second-order valence-electron chi connectivity index (χ2n) is 5.88. The van der Waals surface area contributed by atoms with E-state index in [4.69, 9.17) is 9.47 Å². The van der Waals surface area contributed by atoms with Crippen molar-refractivity contribution in [3.05, 3.63) is 29.3 Å². The molecule has 2 N–H and O–H groups in total. The molecule has 0 bridgehead atoms. The van der Waals surface area contributed by atoms with Gasteiger partial charge in [0.25, 0.3) is 5.91 Å². The van der Waals surface area contributed by atoms with Crippen molar-refractivity contribution in [2.45, 2.75) is 25.3 Å². The molecular formula is C17H19NO5. The summed E-state index contributed by atoms with van der Waals surface area (Å²) in [5.74, 6) is 0.226. The Morgan fingerprint density at radius 3 is 2.87 bits per heavy atom. The van der Waals surface area contributed by atoms with Crippen LogP contribution < -0.4 is 14.8 Å². The van der Waals surface area contributed by atoms with Crippen molar-refractivity contribution in [1.29, 1.82) is 0 Å². The minimum absolute atomic E-state index is 0.0922. The molecule has 0 radical (unpaired) electrons. The van der Waals surface area contributed by atoms with Crippen molar-refractivity contribution in [2.75, 3.05) is 13.7 Å². The van der Waals surface area contributed by atoms with Gasteiger partial charge in [-0.15, -0.1) is 0 Å². The van der Waals surface area contributed by atoms with Crippen molar-refractivity contribution in [2.24, 2.45) is 5.92 Å². The van der Waals surface area contributed by atoms with E-state index in [-0.39, 0.29) is 6.61 Å². The van der Waals surface area contributed by atoms with Gasteiger partial charge in [-0.2, -0.15) is 0 Å². The Balaban J connectivity index is 1.74. The lowest BCUT2D eigenvalue weighted by Crippen LogP contribution is -2.42. The lowest BCUT2D eigenvalue weighted by atomic mass is 10.1. The maximum Gasteiger partial charge on any atom is 0.326 e. The Kier molecular flexibility index (Phi) is 4.23. The van der Waals surface area contributed by atoms with Crippen LogP contribution in [0.4, 0.5) is 0 Å². The van der Waals surface area contributed by atoms with Crippen molar-refractivity contribution in [1.82, 2.24) is 5.32 Å². The van der Waals surface area contributed by atoms with Crippen molar-refractivity contribution >= 4 is 18.0 Å². The molecule has 1 aliphatic carbocycles. The smallest absolute Gasteiger partial charge is 0.326 e. The number of hydrogen-bond acceptors (Lipinski definition) is 4. The van der Waals surface area contributed by atoms with Crippen LogP contribution in [0.3, 0.4) is 0 Å². The molecule has 3 rings (SSSR count). The maximum absolute atomic E-state index is 12.3. The van der Waals surface area contributed by atoms with Crippen molar-refractivity contribution in [3.63, 3.8) is 0 Å². The summed E-state index contributed by atoms with van der Waals surface area (Å²) in [7, 11) is 1.56. The Morgan fingerprint density at radius 2 is 2.22 bits per heavy atom. The molecule has 0 spiro atoms. The number of ether oxygens (including phenoxy) is 2. The first-order chi connectivity index (χ1) is 11.1. The number of carbonyl (C=O) groups is 2. The second-order valence-corrected chi connectivity index (χ2v) is 5.88. The molecule has 2 aliphatic rings. The lowest BCUT2D eigenvalue weighted by Gasteiger charge is -2.21. The number of carboxylic acid groups (broad SMARTS) is 1. The van der Waals surface area contributed by atoms with Crippen LogP contribution in [-0.4, -0.2) is 36.7 Å². The largest absolute Gasteiger partial charge is 0.493 e. The molecule has 1 aromatic carbocycles. The zero-order chi connectivity index (χ0) is 16.4. The normalized spacial score (nSPS) is 17.3. The topological polar surface area (TPSA) is 84.9 Å². The fourth-order valence-corrected chi connectivity index (χ4v) is 2.63. The number of amides is 1. The average Bonchev–Trinajstić information content (AvgIpc) is 3.36. The van der Waals surface area contributed by atoms with E-state index in [1.54, 1.807) is 19.3 Å². The zero-order valence-electron chi connectivity index (χ0n) is 12.9. The van der Waals surface area contributed by atoms with E-state index in [0.717, 1.165) is 18.4 Å². The molecule has 6 nitrogen and oxygen atoms in total. The SMILES string of the molecule is COc1cccc2c1OCC(C(=O)NC(CC1CC1)C(=O)O)=C2. The van der Waals surface area contributed by atoms with E-state index in [1.807, 2.05) is 12.1 Å². The number of methoxy groups -OCH3 is 1. The highest BCUT2D eigenvalue weighted by atomic mass is 16.5. The molecule has 1 saturated carbocycles. The Hall–Kier alpha value is -2.50. The van der Waals surface area contributed by atoms with Crippen LogP contribution in [0.2, 0.25) is 0 Å². The van der Waals surface area contributed by atoms with Gasteiger partial charge in [0, 0.05) is 5.56 Å². The summed E-state index contributed by atoms with van der Waals surface area (Å²) in [4.78, 5) is 23.6. The van der Waals surface area contributed by atoms with Crippen LogP contribution in [0.5, 0.6) is 11.5 Å². The van der Waals surface area contributed by atoms with Crippen LogP contribution in [0.25, 0.3) is 6.08 Å². The first-order valence-corrected chi connectivity index (χ1v) is 7.62. The molecule has 1 amide bonds. The van der Waals surface area contributed by atoms with Crippen molar-refractivity contribution < 1.29 is 24.2 Å². The monoisotopic (exact) mass is 317 g/mol. The van der Waals surface area contributed by atoms with Gasteiger partial charge >= 0.3 is 5.97 Å². The van der Waals surface area contributed by atoms with Crippen LogP contribution in [0, 0.1) is 5.92 Å². The van der Waals surface area contributed by atoms with E-state index < -0.39 is 17.9 Å². The fourth-order valence-electron chi connectivity index (χ4n) is 2.63. The van der Waals surface area contributed by atoms with Gasteiger partial charge in [-0.25, -0.2) is 4.79 Å². The number of hydrogen-bond donors (Lipinski definition) is 2. The highest BCUT2D eigenvalue weighted by molar-refractivity contribution is 6.01. The molecule has 0 aromatic heterocycles. The maximum atomic E-state index is 12.3. The third-order valence-corrected chi connectivity index (χ3v) is 4.09. The van der Waals surface area contributed by atoms with E-state index >= 15 is 0 Å². The van der Waals surface area contributed by atoms with Crippen molar-refractivity contribution in [3.8, 4) is 11.5 Å². The summed E-state index contributed by atoms with van der Waals surface area (Å²) in [6.45, 7) is 0.0922. The first-order valence-electron chi connectivity index (χ1n) is 7.62. The molecule has 122 valence electrons. The van der Waals surface area contributed by atoms with Gasteiger partial charge in [-0.3, -0.25) is 4.79 Å². The third-order valence-electron chi connectivity index (χ3n) is 4.09. The van der Waals surface area contributed by atoms with E-state index in [1.165, 1.54) is 0 Å². The van der Waals surface area contributed by atoms with Crippen LogP contribution in [0.15, 0.2) is 23.8 Å². The number of para-hydroxylation sites is 1. The summed E-state index contributed by atoms with van der Waals surface area (Å²) in [6, 6.07) is 4.57. The molecule has 1 aromatic rings. The van der Waals surface area contributed by atoms with E-state index in [9.17, 15) is 14.7 Å². The minimum atomic E-state index is -0.996. The molecule has 1 unspecified atom stereocenters. The predicted molar refractivity (Wildman–Crippen MR) is 83.4 cm³/mol. The average molecular weight is 317 g/mol. The number of carboxylic acids is 1. The Bertz CT molecular complexity index is 663. The van der Waals surface area contributed by atoms with Crippen LogP contribution in [-0.2, 0) is 9.59 Å². The minimum Gasteiger partial charge on any atom is -0.493 e. The van der Waals surface area contributed by atoms with E-state index in [0.29, 0.717) is 29.4 Å². The summed E-state index contributed by atoms with van der Waals surface area (Å²) in [5, 5.41) is 11.8. The Morgan fingerprint density at radius 1 is 1.43 bits per heavy atom. The summed E-state index contributed by atoms with van der Waals surface area (Å²) < 4.78 is 10.8. The highest BCUT2D eigenvalue weighted by Gasteiger charge is 2.31. The quantitative estimate of drug-likeness (QED) is 0.836. The lowest BCUT2D eigenvalue weighted by molar-refractivity contribution is -0.141. The second kappa shape index (κ2) is 6.32. The van der Waals surface area contributed by atoms with Gasteiger partial charge < -0.3 is 19.9 Å². The van der Waals surface area contributed by atoms with Gasteiger partial charge in [0.15, 0.2) is 11.5 Å². The van der Waals surface area contributed by atoms with Gasteiger partial charge in [0.2, 0.25) is 0 Å². The van der Waals surface area contributed by atoms with Gasteiger partial charge in [-0.05, 0) is 24.5 Å². The van der Waals surface area contributed by atoms with Gasteiger partial charge in [0.05, 0.1) is 12.7 Å². The highest BCUT2D eigenvalue weighted by Crippen LogP contribution is 2.36. The zero-order valence-corrected chi connectivity index (χ0v) is 12.9. The molecule has 1 atom stereocenters. The standard InChI is InChI=1S/C17H19NO5/c1-22-14-4-2-3-11-8-12(9-23-15(11)14)16(19)18-13(17(20)21)7-10-5-6-10/h2-4,8,10,13H,5-7,9H2,1H3,(H,18,19)(H,20,21). The molecule has 23 heavy (non-hydrogen) atoms. The van der Waals surface area contributed by atoms with E-state index in [2.05, 4.69) is 5.32 Å². The Labute approximate surface area is 134 Å². The number of rotatable bonds is 6. The summed E-state index contributed by atoms with van der Waals surface area (Å²) in [6.07, 6.45) is 4.28. The number of nitrogens with one attached hydrogen (secondary N) is 1. The van der Waals surface area contributed by atoms with Gasteiger partial charge in [-0.1, -0.05) is 25.0 Å². The molecule has 1 aliphatic heterocycles. The fraction of sp³-hybridized carbons (Fsp3) is 0.412. The number of carbonyl (C=O) groups excluding carboxylic acids is 1. The third kappa shape index (κ3) is 3.47. The first kappa shape index (κ1) is 15.4. The predicted octanol–water partition coefficient (Wildman–Crippen LogP) is 1.84. The molecule has 0 saturated heterocycles. The van der Waals surface area contributed by atoms with Crippen LogP contribution >= 0.6 is 0 Å². The number of fused-ring (bicyclic) bond motifs is 1. The molecular weight excluding hydrogens is 298 g/mol. The molecule has 1 heterocycles. The van der Waals surface area contributed by atoms with Crippen LogP contribution in [0.1, 0.15) is 24.8 Å². The molecule has 6 heteroatoms. The molecule has 1 fully saturated rings. The number of aliphatic carboxylic acids is 1. The number of benzene rings is 1. The summed E-state index contributed by atoms with van der Waals surface area (Å²) >= 11 is 0. The summed E-state index contributed by atoms with van der Waals surface area (Å²) in [5.41, 5.74) is 1.16. The van der Waals surface area contributed by atoms with Gasteiger partial charge in [0.1, 0.15) is 12.6 Å².